The molecule has 0 amide bonds. The zero-order valence-corrected chi connectivity index (χ0v) is 12.4. The highest BCUT2D eigenvalue weighted by atomic mass is 14.1. The van der Waals surface area contributed by atoms with E-state index in [0.29, 0.717) is 0 Å². The van der Waals surface area contributed by atoms with Crippen molar-refractivity contribution in [3.05, 3.63) is 78.4 Å². The highest BCUT2D eigenvalue weighted by Gasteiger charge is 2.00. The number of benzene rings is 2. The van der Waals surface area contributed by atoms with E-state index in [1.807, 2.05) is 6.07 Å². The molecule has 2 rings (SSSR count). The van der Waals surface area contributed by atoms with Crippen LogP contribution in [0.5, 0.6) is 0 Å². The van der Waals surface area contributed by atoms with Crippen molar-refractivity contribution in [3.8, 4) is 11.1 Å². The van der Waals surface area contributed by atoms with Gasteiger partial charge in [0.15, 0.2) is 0 Å². The smallest absolute Gasteiger partial charge is 0.0184 e. The Hall–Kier alpha value is -2.08. The third kappa shape index (κ3) is 3.96. The standard InChI is InChI=1S/C20H22/c1-16(2)8-7-9-17(3)18-12-14-20(15-13-18)19-10-5-4-6-11-19/h4-6,8,10-15H,3,7,9H2,1-2H3. The van der Waals surface area contributed by atoms with Crippen LogP contribution in [-0.2, 0) is 0 Å². The minimum absolute atomic E-state index is 1.02. The summed E-state index contributed by atoms with van der Waals surface area (Å²) in [7, 11) is 0. The van der Waals surface area contributed by atoms with Crippen LogP contribution in [0.3, 0.4) is 0 Å². The maximum absolute atomic E-state index is 4.19. The molecule has 20 heavy (non-hydrogen) atoms. The molecule has 0 fully saturated rings. The van der Waals surface area contributed by atoms with Gasteiger partial charge in [0.25, 0.3) is 0 Å². The van der Waals surface area contributed by atoms with Gasteiger partial charge >= 0.3 is 0 Å². The van der Waals surface area contributed by atoms with E-state index in [-0.39, 0.29) is 0 Å². The lowest BCUT2D eigenvalue weighted by Crippen LogP contribution is -1.84. The first-order chi connectivity index (χ1) is 9.66. The Morgan fingerprint density at radius 1 is 0.900 bits per heavy atom. The molecular formula is C20H22. The third-order valence-corrected chi connectivity index (χ3v) is 3.40. The first-order valence-electron chi connectivity index (χ1n) is 7.14. The van der Waals surface area contributed by atoms with Crippen LogP contribution in [0.15, 0.2) is 72.8 Å². The number of rotatable bonds is 5. The van der Waals surface area contributed by atoms with E-state index in [0.717, 1.165) is 12.8 Å². The lowest BCUT2D eigenvalue weighted by atomic mass is 9.98. The Bertz CT molecular complexity index is 582. The van der Waals surface area contributed by atoms with Gasteiger partial charge < -0.3 is 0 Å². The van der Waals surface area contributed by atoms with Crippen molar-refractivity contribution in [2.24, 2.45) is 0 Å². The minimum atomic E-state index is 1.02. The maximum atomic E-state index is 4.19. The minimum Gasteiger partial charge on any atom is -0.0952 e. The van der Waals surface area contributed by atoms with E-state index in [2.05, 4.69) is 75.0 Å². The molecule has 2 aromatic carbocycles. The van der Waals surface area contributed by atoms with Crippen LogP contribution in [0.4, 0.5) is 0 Å². The van der Waals surface area contributed by atoms with Gasteiger partial charge in [-0.05, 0) is 49.0 Å². The largest absolute Gasteiger partial charge is 0.0952 e. The maximum Gasteiger partial charge on any atom is -0.0184 e. The molecule has 102 valence electrons. The summed E-state index contributed by atoms with van der Waals surface area (Å²) in [6.07, 6.45) is 4.36. The van der Waals surface area contributed by atoms with E-state index in [9.17, 15) is 0 Å². The summed E-state index contributed by atoms with van der Waals surface area (Å²) in [6, 6.07) is 19.2. The molecular weight excluding hydrogens is 240 g/mol. The predicted octanol–water partition coefficient (Wildman–Crippen LogP) is 6.11. The number of hydrogen-bond donors (Lipinski definition) is 0. The third-order valence-electron chi connectivity index (χ3n) is 3.40. The van der Waals surface area contributed by atoms with Crippen LogP contribution in [0, 0.1) is 0 Å². The summed E-state index contributed by atoms with van der Waals surface area (Å²) in [5, 5.41) is 0. The van der Waals surface area contributed by atoms with Gasteiger partial charge in [0.2, 0.25) is 0 Å². The van der Waals surface area contributed by atoms with Crippen LogP contribution >= 0.6 is 0 Å². The van der Waals surface area contributed by atoms with Gasteiger partial charge in [-0.25, -0.2) is 0 Å². The van der Waals surface area contributed by atoms with E-state index in [4.69, 9.17) is 0 Å². The number of hydrogen-bond acceptors (Lipinski definition) is 0. The van der Waals surface area contributed by atoms with Crippen LogP contribution in [0.2, 0.25) is 0 Å². The summed E-state index contributed by atoms with van der Waals surface area (Å²) >= 11 is 0. The fourth-order valence-corrected chi connectivity index (χ4v) is 2.21. The van der Waals surface area contributed by atoms with Crippen molar-refractivity contribution in [3.63, 3.8) is 0 Å². The topological polar surface area (TPSA) is 0 Å². The van der Waals surface area contributed by atoms with E-state index < -0.39 is 0 Å². The first-order valence-corrected chi connectivity index (χ1v) is 7.14. The van der Waals surface area contributed by atoms with Crippen molar-refractivity contribution in [1.29, 1.82) is 0 Å². The summed E-state index contributed by atoms with van der Waals surface area (Å²) in [5.41, 5.74) is 6.34. The van der Waals surface area contributed by atoms with Crippen LogP contribution in [-0.4, -0.2) is 0 Å². The molecule has 0 heteroatoms. The second-order valence-corrected chi connectivity index (χ2v) is 5.37. The highest BCUT2D eigenvalue weighted by molar-refractivity contribution is 5.69. The van der Waals surface area contributed by atoms with Gasteiger partial charge in [-0.3, -0.25) is 0 Å². The molecule has 0 nitrogen and oxygen atoms in total. The zero-order chi connectivity index (χ0) is 14.4. The second-order valence-electron chi connectivity index (χ2n) is 5.37. The Kier molecular flexibility index (Phi) is 4.95. The van der Waals surface area contributed by atoms with Gasteiger partial charge in [-0.15, -0.1) is 0 Å². The fourth-order valence-electron chi connectivity index (χ4n) is 2.21. The Balaban J connectivity index is 2.05. The van der Waals surface area contributed by atoms with Crippen LogP contribution in [0.25, 0.3) is 16.7 Å². The summed E-state index contributed by atoms with van der Waals surface area (Å²) in [5.74, 6) is 0. The van der Waals surface area contributed by atoms with E-state index >= 15 is 0 Å². The molecule has 0 saturated heterocycles. The molecule has 0 radical (unpaired) electrons. The van der Waals surface area contributed by atoms with Crippen LogP contribution < -0.4 is 0 Å². The Labute approximate surface area is 122 Å². The van der Waals surface area contributed by atoms with Crippen molar-refractivity contribution in [2.45, 2.75) is 26.7 Å². The lowest BCUT2D eigenvalue weighted by molar-refractivity contribution is 1.05. The van der Waals surface area contributed by atoms with Crippen molar-refractivity contribution in [1.82, 2.24) is 0 Å². The molecule has 0 saturated carbocycles. The van der Waals surface area contributed by atoms with E-state index in [1.165, 1.54) is 27.8 Å². The predicted molar refractivity (Wildman–Crippen MR) is 89.6 cm³/mol. The molecule has 0 spiro atoms. The monoisotopic (exact) mass is 262 g/mol. The normalized spacial score (nSPS) is 10.1. The zero-order valence-electron chi connectivity index (χ0n) is 12.4. The molecule has 0 heterocycles. The molecule has 0 unspecified atom stereocenters. The average Bonchev–Trinajstić information content (AvgIpc) is 2.48. The van der Waals surface area contributed by atoms with Crippen LogP contribution in [0.1, 0.15) is 32.3 Å². The molecule has 2 aromatic rings. The van der Waals surface area contributed by atoms with Crippen molar-refractivity contribution >= 4 is 5.57 Å². The van der Waals surface area contributed by atoms with E-state index in [1.54, 1.807) is 0 Å². The molecule has 0 aliphatic carbocycles. The van der Waals surface area contributed by atoms with Gasteiger partial charge in [0.05, 0.1) is 0 Å². The Morgan fingerprint density at radius 2 is 1.50 bits per heavy atom. The van der Waals surface area contributed by atoms with Gasteiger partial charge in [0.1, 0.15) is 0 Å². The molecule has 0 aliphatic heterocycles. The van der Waals surface area contributed by atoms with Gasteiger partial charge in [-0.1, -0.05) is 72.8 Å². The second kappa shape index (κ2) is 6.91. The average molecular weight is 262 g/mol. The van der Waals surface area contributed by atoms with Crippen molar-refractivity contribution in [2.75, 3.05) is 0 Å². The summed E-state index contributed by atoms with van der Waals surface area (Å²) in [6.45, 7) is 8.47. The highest BCUT2D eigenvalue weighted by Crippen LogP contribution is 2.23. The molecule has 0 atom stereocenters. The SMILES string of the molecule is C=C(CCC=C(C)C)c1ccc(-c2ccccc2)cc1. The Morgan fingerprint density at radius 3 is 2.10 bits per heavy atom. The molecule has 0 aromatic heterocycles. The fraction of sp³-hybridized carbons (Fsp3) is 0.200. The van der Waals surface area contributed by atoms with Gasteiger partial charge in [-0.2, -0.15) is 0 Å². The van der Waals surface area contributed by atoms with Gasteiger partial charge in [0, 0.05) is 0 Å². The molecule has 0 N–H and O–H groups in total. The first kappa shape index (κ1) is 14.3. The molecule has 0 bridgehead atoms. The molecule has 0 aliphatic rings. The van der Waals surface area contributed by atoms with Crippen molar-refractivity contribution < 1.29 is 0 Å². The number of allylic oxidation sites excluding steroid dienone is 3. The summed E-state index contributed by atoms with van der Waals surface area (Å²) in [4.78, 5) is 0. The quantitative estimate of drug-likeness (QED) is 0.570. The summed E-state index contributed by atoms with van der Waals surface area (Å²) < 4.78 is 0. The lowest BCUT2D eigenvalue weighted by Gasteiger charge is -2.07.